The summed E-state index contributed by atoms with van der Waals surface area (Å²) in [6.07, 6.45) is -7.19. The molecule has 1 amide bonds. The highest BCUT2D eigenvalue weighted by Crippen LogP contribution is 2.64. The van der Waals surface area contributed by atoms with Crippen molar-refractivity contribution in [3.8, 4) is 0 Å². The van der Waals surface area contributed by atoms with Gasteiger partial charge in [-0.1, -0.05) is 12.7 Å². The van der Waals surface area contributed by atoms with Crippen molar-refractivity contribution < 1.29 is 37.3 Å². The van der Waals surface area contributed by atoms with Crippen LogP contribution in [-0.4, -0.2) is 48.2 Å². The Morgan fingerprint density at radius 3 is 2.52 bits per heavy atom. The molecule has 2 N–H and O–H groups in total. The molecule has 2 bridgehead atoms. The van der Waals surface area contributed by atoms with Gasteiger partial charge in [0.1, 0.15) is 12.0 Å². The molecular weight excluding hydrogens is 295 g/mol. The van der Waals surface area contributed by atoms with Crippen LogP contribution in [0.4, 0.5) is 18.0 Å². The molecule has 0 aromatic rings. The minimum Gasteiger partial charge on any atom is -0.481 e. The van der Waals surface area contributed by atoms with Crippen molar-refractivity contribution >= 4 is 12.1 Å². The van der Waals surface area contributed by atoms with E-state index in [0.29, 0.717) is 0 Å². The number of carboxylic acids is 1. The van der Waals surface area contributed by atoms with Crippen LogP contribution >= 0.6 is 0 Å². The van der Waals surface area contributed by atoms with Crippen LogP contribution < -0.4 is 5.32 Å². The van der Waals surface area contributed by atoms with E-state index >= 15 is 0 Å². The molecule has 2 saturated heterocycles. The second-order valence-corrected chi connectivity index (χ2v) is 5.28. The molecule has 0 radical (unpaired) electrons. The van der Waals surface area contributed by atoms with Gasteiger partial charge in [0.15, 0.2) is 6.10 Å². The number of alkyl carbamates (subject to hydrolysis) is 1. The first-order chi connectivity index (χ1) is 9.65. The third kappa shape index (κ3) is 2.57. The summed E-state index contributed by atoms with van der Waals surface area (Å²) in [7, 11) is 0. The fourth-order valence-corrected chi connectivity index (χ4v) is 2.96. The molecule has 3 aliphatic rings. The number of rotatable bonds is 5. The van der Waals surface area contributed by atoms with E-state index in [0.717, 1.165) is 0 Å². The lowest BCUT2D eigenvalue weighted by Gasteiger charge is -2.42. The van der Waals surface area contributed by atoms with Crippen LogP contribution in [0, 0.1) is 5.41 Å². The monoisotopic (exact) mass is 309 g/mol. The van der Waals surface area contributed by atoms with Gasteiger partial charge in [0.2, 0.25) is 0 Å². The average Bonchev–Trinajstić information content (AvgIpc) is 2.85. The first-order valence-electron chi connectivity index (χ1n) is 6.15. The van der Waals surface area contributed by atoms with Gasteiger partial charge in [0.05, 0.1) is 12.1 Å². The van der Waals surface area contributed by atoms with Crippen LogP contribution in [0.15, 0.2) is 12.7 Å². The molecule has 1 unspecified atom stereocenters. The molecule has 1 aliphatic carbocycles. The van der Waals surface area contributed by atoms with Gasteiger partial charge in [-0.15, -0.1) is 0 Å². The van der Waals surface area contributed by atoms with E-state index in [-0.39, 0.29) is 26.0 Å². The molecule has 118 valence electrons. The van der Waals surface area contributed by atoms with E-state index in [1.165, 1.54) is 6.08 Å². The lowest BCUT2D eigenvalue weighted by Crippen LogP contribution is -2.56. The molecule has 0 spiro atoms. The summed E-state index contributed by atoms with van der Waals surface area (Å²) in [6, 6.07) is 0. The summed E-state index contributed by atoms with van der Waals surface area (Å²) in [5.74, 6) is -1.54. The van der Waals surface area contributed by atoms with Gasteiger partial charge in [-0.05, 0) is 12.8 Å². The van der Waals surface area contributed by atoms with Gasteiger partial charge in [-0.3, -0.25) is 4.79 Å². The Kier molecular flexibility index (Phi) is 3.64. The maximum atomic E-state index is 12.9. The molecule has 6 nitrogen and oxygen atoms in total. The van der Waals surface area contributed by atoms with E-state index in [2.05, 4.69) is 16.6 Å². The predicted molar refractivity (Wildman–Crippen MR) is 62.5 cm³/mol. The maximum absolute atomic E-state index is 12.9. The molecule has 0 aromatic carbocycles. The standard InChI is InChI=1S/C12H14F3NO5/c1-2-3-20-9(19)16-6-10-4-11(5-10,8(17)18)7(21-10)12(13,14)15/h2,7H,1,3-6H2,(H,16,19)(H,17,18). The number of amides is 1. The second-order valence-electron chi connectivity index (χ2n) is 5.28. The largest absolute Gasteiger partial charge is 0.481 e. The smallest absolute Gasteiger partial charge is 0.415 e. The lowest BCUT2D eigenvalue weighted by atomic mass is 9.60. The van der Waals surface area contributed by atoms with E-state index < -0.39 is 35.4 Å². The molecule has 3 rings (SSSR count). The van der Waals surface area contributed by atoms with Crippen molar-refractivity contribution in [2.45, 2.75) is 30.7 Å². The van der Waals surface area contributed by atoms with Crippen molar-refractivity contribution in [3.63, 3.8) is 0 Å². The Labute approximate surface area is 117 Å². The second kappa shape index (κ2) is 4.90. The number of hydrogen-bond donors (Lipinski definition) is 2. The number of halogens is 3. The average molecular weight is 309 g/mol. The Morgan fingerprint density at radius 1 is 1.48 bits per heavy atom. The number of carbonyl (C=O) groups is 2. The lowest BCUT2D eigenvalue weighted by molar-refractivity contribution is -0.226. The van der Waals surface area contributed by atoms with Crippen LogP contribution in [0.25, 0.3) is 0 Å². The van der Waals surface area contributed by atoms with Gasteiger partial charge in [-0.25, -0.2) is 4.79 Å². The summed E-state index contributed by atoms with van der Waals surface area (Å²) >= 11 is 0. The summed E-state index contributed by atoms with van der Waals surface area (Å²) < 4.78 is 48.1. The van der Waals surface area contributed by atoms with Gasteiger partial charge in [0, 0.05) is 0 Å². The Morgan fingerprint density at radius 2 is 2.10 bits per heavy atom. The normalized spacial score (nSPS) is 34.0. The van der Waals surface area contributed by atoms with Crippen LogP contribution in [-0.2, 0) is 14.3 Å². The predicted octanol–water partition coefficient (Wildman–Crippen LogP) is 1.46. The minimum absolute atomic E-state index is 0.0378. The van der Waals surface area contributed by atoms with Gasteiger partial charge >= 0.3 is 18.2 Å². The van der Waals surface area contributed by atoms with Crippen LogP contribution in [0.2, 0.25) is 0 Å². The highest BCUT2D eigenvalue weighted by atomic mass is 19.4. The van der Waals surface area contributed by atoms with Crippen LogP contribution in [0.3, 0.4) is 0 Å². The highest BCUT2D eigenvalue weighted by Gasteiger charge is 2.77. The molecule has 1 saturated carbocycles. The zero-order chi connectivity index (χ0) is 15.9. The van der Waals surface area contributed by atoms with Gasteiger partial charge in [-0.2, -0.15) is 13.2 Å². The quantitative estimate of drug-likeness (QED) is 0.751. The number of carbonyl (C=O) groups excluding carboxylic acids is 1. The topological polar surface area (TPSA) is 84.9 Å². The molecule has 21 heavy (non-hydrogen) atoms. The molecule has 2 heterocycles. The molecule has 0 aromatic heterocycles. The van der Waals surface area contributed by atoms with Crippen molar-refractivity contribution in [3.05, 3.63) is 12.7 Å². The molecule has 2 aliphatic heterocycles. The zero-order valence-corrected chi connectivity index (χ0v) is 10.9. The molecule has 1 atom stereocenters. The van der Waals surface area contributed by atoms with Crippen molar-refractivity contribution in [1.29, 1.82) is 0 Å². The third-order valence-electron chi connectivity index (χ3n) is 3.76. The van der Waals surface area contributed by atoms with E-state index in [9.17, 15) is 22.8 Å². The van der Waals surface area contributed by atoms with Crippen molar-refractivity contribution in [1.82, 2.24) is 5.32 Å². The number of fused-ring (bicyclic) bond motifs is 1. The fraction of sp³-hybridized carbons (Fsp3) is 0.667. The summed E-state index contributed by atoms with van der Waals surface area (Å²) in [5, 5.41) is 11.3. The summed E-state index contributed by atoms with van der Waals surface area (Å²) in [5.41, 5.74) is -3.25. The van der Waals surface area contributed by atoms with Gasteiger partial charge in [0.25, 0.3) is 0 Å². The van der Waals surface area contributed by atoms with E-state index in [1.807, 2.05) is 0 Å². The molecule has 9 heteroatoms. The first kappa shape index (κ1) is 15.6. The Balaban J connectivity index is 2.00. The first-order valence-corrected chi connectivity index (χ1v) is 6.15. The number of aliphatic carboxylic acids is 1. The summed E-state index contributed by atoms with van der Waals surface area (Å²) in [6.45, 7) is 3.07. The fourth-order valence-electron chi connectivity index (χ4n) is 2.96. The van der Waals surface area contributed by atoms with Crippen LogP contribution in [0.5, 0.6) is 0 Å². The van der Waals surface area contributed by atoms with Gasteiger partial charge < -0.3 is 19.9 Å². The summed E-state index contributed by atoms with van der Waals surface area (Å²) in [4.78, 5) is 22.4. The Hall–Kier alpha value is -1.77. The highest BCUT2D eigenvalue weighted by molar-refractivity contribution is 5.79. The molecule has 3 fully saturated rings. The molecular formula is C12H14F3NO5. The number of nitrogens with one attached hydrogen (secondary N) is 1. The minimum atomic E-state index is -4.76. The zero-order valence-electron chi connectivity index (χ0n) is 10.9. The van der Waals surface area contributed by atoms with Crippen molar-refractivity contribution in [2.24, 2.45) is 5.41 Å². The van der Waals surface area contributed by atoms with E-state index in [4.69, 9.17) is 9.84 Å². The number of carboxylic acid groups (broad SMARTS) is 1. The van der Waals surface area contributed by atoms with Crippen LogP contribution in [0.1, 0.15) is 12.8 Å². The Bertz CT molecular complexity index is 470. The number of ether oxygens (including phenoxy) is 2. The third-order valence-corrected chi connectivity index (χ3v) is 3.76. The number of alkyl halides is 3. The SMILES string of the molecule is C=CCOC(=O)NCC12CC(C(=O)O)(C1)C(C(F)(F)F)O2. The van der Waals surface area contributed by atoms with Crippen molar-refractivity contribution in [2.75, 3.05) is 13.2 Å². The maximum Gasteiger partial charge on any atom is 0.415 e. The van der Waals surface area contributed by atoms with E-state index in [1.54, 1.807) is 0 Å². The number of hydrogen-bond acceptors (Lipinski definition) is 4.